The Morgan fingerprint density at radius 1 is 1.10 bits per heavy atom. The van der Waals surface area contributed by atoms with Gasteiger partial charge in [-0.1, -0.05) is 38.0 Å². The summed E-state index contributed by atoms with van der Waals surface area (Å²) in [5, 5.41) is 21.8. The topological polar surface area (TPSA) is 164 Å². The van der Waals surface area contributed by atoms with Crippen LogP contribution >= 0.6 is 27.7 Å². The van der Waals surface area contributed by atoms with E-state index in [-0.39, 0.29) is 35.6 Å². The highest BCUT2D eigenvalue weighted by atomic mass is 79.9. The van der Waals surface area contributed by atoms with E-state index in [0.29, 0.717) is 73.7 Å². The number of carbonyl (C=O) groups excluding carboxylic acids is 3. The number of pyridine rings is 1. The smallest absolute Gasteiger partial charge is 0.315 e. The molecular formula is C35H45BrN6O6S. The SMILES string of the molecule is CCCC(NC(=O)/C(C#N)=C/c1cccc(Br)n1)c1ccc(OCCOCCOCCNC(=O)CCCC[C@@H]2SC[C@@H]3NC(=O)N[C@@H]32)cc1. The van der Waals surface area contributed by atoms with Crippen LogP contribution in [-0.4, -0.2) is 85.5 Å². The number of unbranched alkanes of at least 4 members (excludes halogenated alkanes) is 1. The van der Waals surface area contributed by atoms with Crippen LogP contribution in [0.1, 0.15) is 62.7 Å². The lowest BCUT2D eigenvalue weighted by Crippen LogP contribution is -2.36. The first-order valence-corrected chi connectivity index (χ1v) is 18.6. The number of benzene rings is 1. The van der Waals surface area contributed by atoms with Crippen molar-refractivity contribution in [2.45, 2.75) is 68.8 Å². The van der Waals surface area contributed by atoms with E-state index in [1.807, 2.05) is 49.0 Å². The van der Waals surface area contributed by atoms with Gasteiger partial charge in [0.15, 0.2) is 0 Å². The molecule has 1 unspecified atom stereocenters. The van der Waals surface area contributed by atoms with Crippen molar-refractivity contribution in [3.63, 3.8) is 0 Å². The van der Waals surface area contributed by atoms with E-state index in [2.05, 4.69) is 42.2 Å². The Kier molecular flexibility index (Phi) is 16.2. The number of carbonyl (C=O) groups is 3. The lowest BCUT2D eigenvalue weighted by Gasteiger charge is -2.19. The van der Waals surface area contributed by atoms with Crippen molar-refractivity contribution in [1.29, 1.82) is 5.26 Å². The van der Waals surface area contributed by atoms with Gasteiger partial charge in [0.2, 0.25) is 5.91 Å². The van der Waals surface area contributed by atoms with Gasteiger partial charge < -0.3 is 35.5 Å². The average Bonchev–Trinajstić information content (AvgIpc) is 3.65. The molecule has 2 fully saturated rings. The van der Waals surface area contributed by atoms with Gasteiger partial charge in [-0.3, -0.25) is 9.59 Å². The lowest BCUT2D eigenvalue weighted by atomic mass is 10.0. The van der Waals surface area contributed by atoms with Gasteiger partial charge in [0.05, 0.1) is 50.2 Å². The van der Waals surface area contributed by atoms with Crippen molar-refractivity contribution in [3.05, 3.63) is 63.9 Å². The van der Waals surface area contributed by atoms with Crippen LogP contribution in [0.3, 0.4) is 0 Å². The minimum atomic E-state index is -0.451. The molecule has 4 amide bonds. The summed E-state index contributed by atoms with van der Waals surface area (Å²) in [5.74, 6) is 1.21. The van der Waals surface area contributed by atoms with Crippen LogP contribution in [0.15, 0.2) is 52.6 Å². The number of hydrogen-bond donors (Lipinski definition) is 4. The Morgan fingerprint density at radius 2 is 1.88 bits per heavy atom. The minimum Gasteiger partial charge on any atom is -0.491 e. The maximum absolute atomic E-state index is 12.9. The van der Waals surface area contributed by atoms with Crippen molar-refractivity contribution in [1.82, 2.24) is 26.3 Å². The quantitative estimate of drug-likeness (QED) is 0.0467. The predicted octanol–water partition coefficient (Wildman–Crippen LogP) is 4.66. The second-order valence-electron chi connectivity index (χ2n) is 11.7. The molecule has 2 aliphatic heterocycles. The molecule has 1 aromatic carbocycles. The fraction of sp³-hybridized carbons (Fsp3) is 0.514. The van der Waals surface area contributed by atoms with E-state index in [0.717, 1.165) is 37.0 Å². The number of amides is 4. The minimum absolute atomic E-state index is 0.0148. The number of aromatic nitrogens is 1. The van der Waals surface area contributed by atoms with Crippen LogP contribution in [0.25, 0.3) is 6.08 Å². The van der Waals surface area contributed by atoms with Crippen LogP contribution in [-0.2, 0) is 19.1 Å². The van der Waals surface area contributed by atoms with Crippen molar-refractivity contribution in [2.24, 2.45) is 0 Å². The summed E-state index contributed by atoms with van der Waals surface area (Å²) in [4.78, 5) is 40.8. The van der Waals surface area contributed by atoms with Crippen molar-refractivity contribution < 1.29 is 28.6 Å². The highest BCUT2D eigenvalue weighted by Crippen LogP contribution is 2.33. The number of halogens is 1. The molecule has 1 aromatic heterocycles. The fourth-order valence-electron chi connectivity index (χ4n) is 5.61. The highest BCUT2D eigenvalue weighted by Gasteiger charge is 2.42. The van der Waals surface area contributed by atoms with Gasteiger partial charge in [0.25, 0.3) is 5.91 Å². The number of urea groups is 1. The van der Waals surface area contributed by atoms with Gasteiger partial charge >= 0.3 is 6.03 Å². The predicted molar refractivity (Wildman–Crippen MR) is 192 cm³/mol. The van der Waals surface area contributed by atoms with Crippen LogP contribution in [0.5, 0.6) is 5.75 Å². The molecule has 12 nitrogen and oxygen atoms in total. The van der Waals surface area contributed by atoms with Crippen LogP contribution in [0.2, 0.25) is 0 Å². The molecule has 0 radical (unpaired) electrons. The number of nitrogens with zero attached hydrogens (tertiary/aromatic N) is 2. The summed E-state index contributed by atoms with van der Waals surface area (Å²) in [6.07, 6.45) is 6.31. The normalized spacial score (nSPS) is 18.9. The van der Waals surface area contributed by atoms with E-state index in [9.17, 15) is 19.6 Å². The lowest BCUT2D eigenvalue weighted by molar-refractivity contribution is -0.121. The van der Waals surface area contributed by atoms with Crippen LogP contribution in [0.4, 0.5) is 4.79 Å². The molecule has 3 heterocycles. The summed E-state index contributed by atoms with van der Waals surface area (Å²) >= 11 is 5.20. The molecule has 4 N–H and O–H groups in total. The maximum atomic E-state index is 12.9. The van der Waals surface area contributed by atoms with E-state index in [1.54, 1.807) is 18.2 Å². The van der Waals surface area contributed by atoms with Gasteiger partial charge in [-0.2, -0.15) is 17.0 Å². The first-order valence-electron chi connectivity index (χ1n) is 16.7. The third-order valence-corrected chi connectivity index (χ3v) is 10.0. The summed E-state index contributed by atoms with van der Waals surface area (Å²) in [6, 6.07) is 14.9. The number of fused-ring (bicyclic) bond motifs is 1. The van der Waals surface area contributed by atoms with Gasteiger partial charge in [0, 0.05) is 24.0 Å². The largest absolute Gasteiger partial charge is 0.491 e. The standard InChI is InChI=1S/C35H45BrN6O6S/c1-2-6-28(40-34(44)25(22-37)21-26-7-5-9-31(36)39-26)24-11-13-27(14-12-24)48-20-19-47-18-17-46-16-15-38-32(43)10-4-3-8-30-33-29(23-49-30)41-35(45)42-33/h5,7,9,11-14,21,28-30,33H,2-4,6,8,10,15-20,23H2,1H3,(H,38,43)(H,40,44)(H2,41,42,45)/b25-21+/t28?,29-,30-,33-/m0/s1. The third-order valence-electron chi connectivity index (χ3n) is 8.08. The number of nitrogens with one attached hydrogen (secondary N) is 4. The molecule has 0 bridgehead atoms. The molecule has 2 saturated heterocycles. The van der Waals surface area contributed by atoms with E-state index >= 15 is 0 Å². The number of ether oxygens (including phenoxy) is 3. The number of thioether (sulfide) groups is 1. The fourth-order valence-corrected chi connectivity index (χ4v) is 7.51. The van der Waals surface area contributed by atoms with Crippen LogP contribution in [0, 0.1) is 11.3 Å². The number of rotatable bonds is 21. The van der Waals surface area contributed by atoms with Gasteiger partial charge in [-0.05, 0) is 71.1 Å². The zero-order valence-corrected chi connectivity index (χ0v) is 30.2. The Bertz CT molecular complexity index is 1450. The summed E-state index contributed by atoms with van der Waals surface area (Å²) in [6.45, 7) is 4.53. The summed E-state index contributed by atoms with van der Waals surface area (Å²) < 4.78 is 17.6. The maximum Gasteiger partial charge on any atom is 0.315 e. The zero-order chi connectivity index (χ0) is 34.8. The molecule has 0 saturated carbocycles. The molecule has 264 valence electrons. The number of hydrogen-bond acceptors (Lipinski definition) is 9. The Balaban J connectivity index is 1.02. The molecule has 49 heavy (non-hydrogen) atoms. The van der Waals surface area contributed by atoms with Gasteiger partial charge in [-0.15, -0.1) is 0 Å². The number of nitriles is 1. The van der Waals surface area contributed by atoms with Gasteiger partial charge in [0.1, 0.15) is 28.6 Å². The van der Waals surface area contributed by atoms with Crippen molar-refractivity contribution in [2.75, 3.05) is 45.3 Å². The van der Waals surface area contributed by atoms with E-state index in [1.165, 1.54) is 6.08 Å². The first-order chi connectivity index (χ1) is 23.9. The second-order valence-corrected chi connectivity index (χ2v) is 13.8. The summed E-state index contributed by atoms with van der Waals surface area (Å²) in [7, 11) is 0. The average molecular weight is 758 g/mol. The monoisotopic (exact) mass is 756 g/mol. The third kappa shape index (κ3) is 13.0. The Hall–Kier alpha value is -3.64. The van der Waals surface area contributed by atoms with E-state index < -0.39 is 5.91 Å². The zero-order valence-electron chi connectivity index (χ0n) is 27.8. The molecule has 2 aromatic rings. The molecule has 4 rings (SSSR count). The highest BCUT2D eigenvalue weighted by molar-refractivity contribution is 9.10. The Labute approximate surface area is 300 Å². The molecule has 2 aliphatic rings. The van der Waals surface area contributed by atoms with Crippen molar-refractivity contribution >= 4 is 51.6 Å². The molecule has 4 atom stereocenters. The van der Waals surface area contributed by atoms with Crippen molar-refractivity contribution in [3.8, 4) is 11.8 Å². The Morgan fingerprint density at radius 3 is 2.63 bits per heavy atom. The summed E-state index contributed by atoms with van der Waals surface area (Å²) in [5.41, 5.74) is 1.42. The van der Waals surface area contributed by atoms with Gasteiger partial charge in [-0.25, -0.2) is 9.78 Å². The van der Waals surface area contributed by atoms with Crippen LogP contribution < -0.4 is 26.0 Å². The molecule has 14 heteroatoms. The molecule has 0 spiro atoms. The van der Waals surface area contributed by atoms with E-state index in [4.69, 9.17) is 14.2 Å². The molecular weight excluding hydrogens is 712 g/mol. The first kappa shape index (κ1) is 38.2. The second kappa shape index (κ2) is 20.8. The molecule has 0 aliphatic carbocycles.